The Bertz CT molecular complexity index is 415. The monoisotopic (exact) mass is 361 g/mol. The van der Waals surface area contributed by atoms with Gasteiger partial charge in [-0.15, -0.1) is 0 Å². The van der Waals surface area contributed by atoms with Crippen LogP contribution in [0.2, 0.25) is 6.32 Å². The molecule has 4 nitrogen and oxygen atoms in total. The van der Waals surface area contributed by atoms with Crippen LogP contribution in [0, 0.1) is 0 Å². The molecule has 3 rings (SSSR count). The SMILES string of the molecule is CC(C)(C)OC(=O)NC12CCC(CC[B-](F)(F)F)(CC1)OC2.[K+]. The van der Waals surface area contributed by atoms with Crippen molar-refractivity contribution in [3.8, 4) is 0 Å². The van der Waals surface area contributed by atoms with E-state index in [1.165, 1.54) is 0 Å². The van der Waals surface area contributed by atoms with Crippen molar-refractivity contribution >= 4 is 13.1 Å². The smallest absolute Gasteiger partial charge is 0.449 e. The largest absolute Gasteiger partial charge is 1.00 e. The van der Waals surface area contributed by atoms with Crippen molar-refractivity contribution in [3.63, 3.8) is 0 Å². The predicted molar refractivity (Wildman–Crippen MR) is 77.8 cm³/mol. The van der Waals surface area contributed by atoms with E-state index >= 15 is 0 Å². The van der Waals surface area contributed by atoms with Crippen molar-refractivity contribution in [3.05, 3.63) is 0 Å². The van der Waals surface area contributed by atoms with Gasteiger partial charge in [-0.1, -0.05) is 6.32 Å². The third kappa shape index (κ3) is 6.51. The van der Waals surface area contributed by atoms with Gasteiger partial charge in [0.2, 0.25) is 0 Å². The van der Waals surface area contributed by atoms with Crippen molar-refractivity contribution in [1.82, 2.24) is 5.32 Å². The van der Waals surface area contributed by atoms with E-state index in [0.29, 0.717) is 25.7 Å². The molecule has 2 heterocycles. The van der Waals surface area contributed by atoms with E-state index in [0.717, 1.165) is 0 Å². The summed E-state index contributed by atoms with van der Waals surface area (Å²) in [6, 6.07) is 0. The summed E-state index contributed by atoms with van der Waals surface area (Å²) in [7, 11) is 0. The number of rotatable bonds is 4. The molecule has 3 fully saturated rings. The van der Waals surface area contributed by atoms with Crippen LogP contribution in [-0.4, -0.2) is 36.4 Å². The van der Waals surface area contributed by atoms with Gasteiger partial charge in [-0.05, 0) is 52.9 Å². The van der Waals surface area contributed by atoms with Gasteiger partial charge in [0.15, 0.2) is 0 Å². The maximum absolute atomic E-state index is 12.5. The number of alkyl carbamates (subject to hydrolysis) is 1. The van der Waals surface area contributed by atoms with E-state index in [4.69, 9.17) is 9.47 Å². The van der Waals surface area contributed by atoms with Crippen LogP contribution >= 0.6 is 0 Å². The van der Waals surface area contributed by atoms with Gasteiger partial charge in [-0.25, -0.2) is 4.79 Å². The molecule has 9 heteroatoms. The number of ether oxygens (including phenoxy) is 2. The first-order valence-electron chi connectivity index (χ1n) is 7.79. The Kier molecular flexibility index (Phi) is 7.13. The van der Waals surface area contributed by atoms with Crippen molar-refractivity contribution in [2.75, 3.05) is 6.61 Å². The maximum Gasteiger partial charge on any atom is 1.00 e. The summed E-state index contributed by atoms with van der Waals surface area (Å²) in [5.41, 5.74) is -1.73. The number of hydrogen-bond donors (Lipinski definition) is 1. The second-order valence-corrected chi connectivity index (χ2v) is 7.63. The molecule has 1 amide bonds. The first-order chi connectivity index (χ1) is 9.93. The molecule has 0 aromatic heterocycles. The van der Waals surface area contributed by atoms with Gasteiger partial charge in [0.1, 0.15) is 5.60 Å². The summed E-state index contributed by atoms with van der Waals surface area (Å²) in [6.07, 6.45) is 1.15. The van der Waals surface area contributed by atoms with Gasteiger partial charge in [0.25, 0.3) is 0 Å². The van der Waals surface area contributed by atoms with Crippen molar-refractivity contribution in [1.29, 1.82) is 0 Å². The van der Waals surface area contributed by atoms with Gasteiger partial charge in [0.05, 0.1) is 17.7 Å². The molecule has 0 atom stereocenters. The van der Waals surface area contributed by atoms with Gasteiger partial charge in [0, 0.05) is 0 Å². The third-order valence-corrected chi connectivity index (χ3v) is 4.47. The Balaban J connectivity index is 0.00000264. The zero-order chi connectivity index (χ0) is 16.6. The van der Waals surface area contributed by atoms with Crippen LogP contribution in [0.25, 0.3) is 0 Å². The van der Waals surface area contributed by atoms with Crippen LogP contribution in [0.5, 0.6) is 0 Å². The maximum atomic E-state index is 12.5. The Morgan fingerprint density at radius 1 is 1.22 bits per heavy atom. The number of amides is 1. The molecular formula is C14H24BF3KNO3. The number of carbonyl (C=O) groups is 1. The molecule has 0 spiro atoms. The molecule has 0 aromatic carbocycles. The Morgan fingerprint density at radius 3 is 2.17 bits per heavy atom. The number of halogens is 3. The normalized spacial score (nSPS) is 30.5. The number of nitrogens with one attached hydrogen (secondary N) is 1. The molecule has 1 saturated carbocycles. The molecule has 2 aliphatic heterocycles. The number of hydrogen-bond acceptors (Lipinski definition) is 3. The fraction of sp³-hybridized carbons (Fsp3) is 0.929. The fourth-order valence-corrected chi connectivity index (χ4v) is 3.19. The van der Waals surface area contributed by atoms with Crippen molar-refractivity contribution < 1.29 is 78.6 Å². The zero-order valence-corrected chi connectivity index (χ0v) is 17.5. The minimum absolute atomic E-state index is 0. The molecule has 2 saturated heterocycles. The van der Waals surface area contributed by atoms with Crippen LogP contribution in [-0.2, 0) is 9.47 Å². The van der Waals surface area contributed by atoms with Gasteiger partial charge >= 0.3 is 64.5 Å². The first-order valence-corrected chi connectivity index (χ1v) is 7.79. The van der Waals surface area contributed by atoms with E-state index in [2.05, 4.69) is 5.32 Å². The quantitative estimate of drug-likeness (QED) is 0.755. The predicted octanol–water partition coefficient (Wildman–Crippen LogP) is 0.834. The molecule has 1 N–H and O–H groups in total. The van der Waals surface area contributed by atoms with E-state index in [-0.39, 0.29) is 64.4 Å². The van der Waals surface area contributed by atoms with Crippen LogP contribution in [0.3, 0.4) is 0 Å². The molecule has 0 radical (unpaired) electrons. The Labute approximate surface area is 178 Å². The minimum atomic E-state index is -4.77. The Morgan fingerprint density at radius 2 is 1.78 bits per heavy atom. The molecule has 2 bridgehead atoms. The number of carbonyl (C=O) groups excluding carboxylic acids is 1. The molecule has 3 aliphatic rings. The van der Waals surface area contributed by atoms with Crippen molar-refractivity contribution in [2.24, 2.45) is 0 Å². The van der Waals surface area contributed by atoms with Gasteiger partial charge < -0.3 is 27.7 Å². The van der Waals surface area contributed by atoms with E-state index < -0.39 is 36.1 Å². The van der Waals surface area contributed by atoms with E-state index in [1.807, 2.05) is 0 Å². The molecule has 0 unspecified atom stereocenters. The minimum Gasteiger partial charge on any atom is -0.449 e. The Hall–Kier alpha value is 0.721. The third-order valence-electron chi connectivity index (χ3n) is 4.47. The second-order valence-electron chi connectivity index (χ2n) is 7.63. The summed E-state index contributed by atoms with van der Waals surface area (Å²) in [5.74, 6) is 0. The summed E-state index contributed by atoms with van der Waals surface area (Å²) in [6.45, 7) is 0.841. The van der Waals surface area contributed by atoms with Crippen LogP contribution in [0.15, 0.2) is 0 Å². The number of fused-ring (bicyclic) bond motifs is 3. The average molecular weight is 361 g/mol. The van der Waals surface area contributed by atoms with Gasteiger partial charge in [-0.3, -0.25) is 0 Å². The molecule has 128 valence electrons. The molecule has 23 heavy (non-hydrogen) atoms. The summed E-state index contributed by atoms with van der Waals surface area (Å²) in [4.78, 5) is 11.9. The second kappa shape index (κ2) is 7.53. The topological polar surface area (TPSA) is 47.6 Å². The average Bonchev–Trinajstić information content (AvgIpc) is 2.35. The zero-order valence-electron chi connectivity index (χ0n) is 14.4. The molecule has 1 aliphatic carbocycles. The summed E-state index contributed by atoms with van der Waals surface area (Å²) < 4.78 is 48.4. The van der Waals surface area contributed by atoms with Crippen LogP contribution in [0.1, 0.15) is 52.9 Å². The van der Waals surface area contributed by atoms with E-state index in [1.54, 1.807) is 20.8 Å². The fourth-order valence-electron chi connectivity index (χ4n) is 3.19. The molecular weight excluding hydrogens is 337 g/mol. The molecule has 0 aromatic rings. The summed E-state index contributed by atoms with van der Waals surface area (Å²) >= 11 is 0. The van der Waals surface area contributed by atoms with Crippen LogP contribution < -0.4 is 56.7 Å². The first kappa shape index (κ1) is 21.8. The van der Waals surface area contributed by atoms with Gasteiger partial charge in [-0.2, -0.15) is 0 Å². The summed E-state index contributed by atoms with van der Waals surface area (Å²) in [5, 5.41) is 2.86. The standard InChI is InChI=1S/C14H24BF3NO3.K/c1-12(2,3)22-11(20)19-13-4-6-14(7-5-13,21-10-13)8-9-15(16,17)18;/h4-10H2,1-3H3,(H,19,20);/q-1;+1. The van der Waals surface area contributed by atoms with E-state index in [9.17, 15) is 17.7 Å². The van der Waals surface area contributed by atoms with Crippen molar-refractivity contribution in [2.45, 2.75) is 75.9 Å². The van der Waals surface area contributed by atoms with Crippen LogP contribution in [0.4, 0.5) is 17.7 Å².